The minimum atomic E-state index is -1.01. The number of amides is 1. The highest BCUT2D eigenvalue weighted by Gasteiger charge is 2.33. The molecule has 9 nitrogen and oxygen atoms in total. The molecule has 0 aliphatic carbocycles. The second-order valence-corrected chi connectivity index (χ2v) is 10.0. The molecule has 5 rings (SSSR count). The summed E-state index contributed by atoms with van der Waals surface area (Å²) in [5.74, 6) is -0.889. The van der Waals surface area contributed by atoms with Crippen LogP contribution in [0.5, 0.6) is 0 Å². The van der Waals surface area contributed by atoms with E-state index in [1.807, 2.05) is 24.3 Å². The van der Waals surface area contributed by atoms with Gasteiger partial charge in [0.25, 0.3) is 11.5 Å². The largest absolute Gasteiger partial charge is 0.481 e. The van der Waals surface area contributed by atoms with Crippen molar-refractivity contribution in [1.29, 1.82) is 0 Å². The maximum Gasteiger partial charge on any atom is 0.305 e. The van der Waals surface area contributed by atoms with E-state index in [0.29, 0.717) is 30.1 Å². The average Bonchev–Trinajstić information content (AvgIpc) is 3.16. The summed E-state index contributed by atoms with van der Waals surface area (Å²) in [6.45, 7) is 2.82. The molecule has 1 aromatic carbocycles. The number of hydrogen-bond donors (Lipinski definition) is 1. The number of thiocarbonyl (C=S) groups is 1. The van der Waals surface area contributed by atoms with Gasteiger partial charge in [-0.25, -0.2) is 4.98 Å². The average molecular weight is 522 g/mol. The number of fused-ring (bicyclic) bond motifs is 1. The van der Waals surface area contributed by atoms with E-state index < -0.39 is 11.9 Å². The highest BCUT2D eigenvalue weighted by atomic mass is 32.2. The summed E-state index contributed by atoms with van der Waals surface area (Å²) in [6.07, 6.45) is 2.99. The number of thioether (sulfide) groups is 1. The number of aliphatic carboxylic acids is 1. The molecule has 3 aromatic rings. The molecular weight excluding hydrogens is 498 g/mol. The van der Waals surface area contributed by atoms with Crippen LogP contribution in [-0.2, 0) is 9.59 Å². The van der Waals surface area contributed by atoms with Crippen molar-refractivity contribution in [2.75, 3.05) is 42.5 Å². The molecule has 0 saturated carbocycles. The summed E-state index contributed by atoms with van der Waals surface area (Å²) in [6, 6.07) is 15.5. The smallest absolute Gasteiger partial charge is 0.305 e. The molecule has 184 valence electrons. The predicted octanol–water partition coefficient (Wildman–Crippen LogP) is 2.70. The van der Waals surface area contributed by atoms with Gasteiger partial charge in [0.05, 0.1) is 16.9 Å². The van der Waals surface area contributed by atoms with Crippen molar-refractivity contribution in [2.24, 2.45) is 0 Å². The molecule has 0 bridgehead atoms. The Labute approximate surface area is 216 Å². The molecule has 1 N–H and O–H groups in total. The number of carboxylic acids is 1. The molecule has 11 heteroatoms. The SMILES string of the molecule is O=C(O)CCN1C(=O)/C(=C\c2c(N3CCN(c4ccccc4)CC3)nc3ccccn3c2=O)SC1=S. The zero-order valence-electron chi connectivity index (χ0n) is 19.2. The molecule has 2 fully saturated rings. The van der Waals surface area contributed by atoms with Crippen molar-refractivity contribution in [2.45, 2.75) is 6.42 Å². The Hall–Kier alpha value is -3.70. The van der Waals surface area contributed by atoms with Gasteiger partial charge in [-0.05, 0) is 30.3 Å². The molecule has 2 aliphatic heterocycles. The molecule has 0 atom stereocenters. The molecule has 0 unspecified atom stereocenters. The molecule has 36 heavy (non-hydrogen) atoms. The third kappa shape index (κ3) is 4.71. The lowest BCUT2D eigenvalue weighted by Crippen LogP contribution is -2.47. The number of para-hydroxylation sites is 1. The summed E-state index contributed by atoms with van der Waals surface area (Å²) < 4.78 is 1.74. The molecule has 1 amide bonds. The van der Waals surface area contributed by atoms with Gasteiger partial charge in [-0.2, -0.15) is 0 Å². The minimum Gasteiger partial charge on any atom is -0.481 e. The molecule has 0 spiro atoms. The fourth-order valence-corrected chi connectivity index (χ4v) is 5.60. The van der Waals surface area contributed by atoms with Crippen molar-refractivity contribution >= 4 is 63.4 Å². The number of carbonyl (C=O) groups excluding carboxylic acids is 1. The van der Waals surface area contributed by atoms with Gasteiger partial charge in [0.15, 0.2) is 0 Å². The van der Waals surface area contributed by atoms with Crippen LogP contribution in [0.2, 0.25) is 0 Å². The Balaban J connectivity index is 1.49. The third-order valence-corrected chi connectivity index (χ3v) is 7.53. The highest BCUT2D eigenvalue weighted by molar-refractivity contribution is 8.26. The molecule has 2 aliphatic rings. The maximum atomic E-state index is 13.5. The molecule has 2 aromatic heterocycles. The summed E-state index contributed by atoms with van der Waals surface area (Å²) in [4.78, 5) is 48.2. The Kier molecular flexibility index (Phi) is 6.75. The van der Waals surface area contributed by atoms with Gasteiger partial charge in [0.1, 0.15) is 15.8 Å². The van der Waals surface area contributed by atoms with Gasteiger partial charge < -0.3 is 14.9 Å². The number of carboxylic acid groups (broad SMARTS) is 1. The van der Waals surface area contributed by atoms with Crippen molar-refractivity contribution in [3.8, 4) is 0 Å². The summed E-state index contributed by atoms with van der Waals surface area (Å²) in [5.41, 5.74) is 1.70. The molecule has 2 saturated heterocycles. The first kappa shape index (κ1) is 24.0. The van der Waals surface area contributed by atoms with E-state index in [-0.39, 0.29) is 27.8 Å². The molecule has 4 heterocycles. The Morgan fingerprint density at radius 3 is 2.44 bits per heavy atom. The lowest BCUT2D eigenvalue weighted by atomic mass is 10.2. The number of aromatic nitrogens is 2. The number of nitrogens with zero attached hydrogens (tertiary/aromatic N) is 5. The quantitative estimate of drug-likeness (QED) is 0.388. The minimum absolute atomic E-state index is 0.0133. The van der Waals surface area contributed by atoms with Crippen LogP contribution in [0.25, 0.3) is 11.7 Å². The van der Waals surface area contributed by atoms with Gasteiger partial charge in [-0.15, -0.1) is 0 Å². The fourth-order valence-electron chi connectivity index (χ4n) is 4.30. The maximum absolute atomic E-state index is 13.5. The number of rotatable bonds is 6. The first-order valence-corrected chi connectivity index (χ1v) is 12.7. The summed E-state index contributed by atoms with van der Waals surface area (Å²) in [5, 5.41) is 8.99. The Morgan fingerprint density at radius 1 is 1.03 bits per heavy atom. The van der Waals surface area contributed by atoms with Crippen LogP contribution in [0.1, 0.15) is 12.0 Å². The van der Waals surface area contributed by atoms with Gasteiger partial charge in [0.2, 0.25) is 0 Å². The fraction of sp³-hybridized carbons (Fsp3) is 0.240. The monoisotopic (exact) mass is 521 g/mol. The van der Waals surface area contributed by atoms with Gasteiger partial charge >= 0.3 is 5.97 Å². The zero-order valence-corrected chi connectivity index (χ0v) is 20.9. The van der Waals surface area contributed by atoms with E-state index in [0.717, 1.165) is 30.5 Å². The second-order valence-electron chi connectivity index (χ2n) is 8.37. The first-order valence-electron chi connectivity index (χ1n) is 11.5. The van der Waals surface area contributed by atoms with E-state index in [1.165, 1.54) is 9.30 Å². The molecular formula is C25H23N5O4S2. The van der Waals surface area contributed by atoms with Crippen LogP contribution >= 0.6 is 24.0 Å². The number of carbonyl (C=O) groups is 2. The Bertz CT molecular complexity index is 1430. The van der Waals surface area contributed by atoms with Crippen molar-refractivity contribution in [3.63, 3.8) is 0 Å². The van der Waals surface area contributed by atoms with E-state index in [4.69, 9.17) is 22.3 Å². The summed E-state index contributed by atoms with van der Waals surface area (Å²) in [7, 11) is 0. The van der Waals surface area contributed by atoms with Crippen LogP contribution in [0, 0.1) is 0 Å². The topological polar surface area (TPSA) is 98.5 Å². The number of pyridine rings is 1. The van der Waals surface area contributed by atoms with E-state index >= 15 is 0 Å². The van der Waals surface area contributed by atoms with Crippen LogP contribution in [0.3, 0.4) is 0 Å². The summed E-state index contributed by atoms with van der Waals surface area (Å²) >= 11 is 6.38. The van der Waals surface area contributed by atoms with Crippen LogP contribution in [0.4, 0.5) is 11.5 Å². The first-order chi connectivity index (χ1) is 17.4. The normalized spacial score (nSPS) is 17.4. The standard InChI is InChI=1S/C25H23N5O4S2/c31-21(32)9-11-30-24(34)19(36-25(30)35)16-18-22(26-20-8-4-5-10-29(20)23(18)33)28-14-12-27(13-15-28)17-6-2-1-3-7-17/h1-8,10,16H,9,11-15H2,(H,31,32)/b19-16+. The van der Waals surface area contributed by atoms with Gasteiger partial charge in [-0.1, -0.05) is 48.2 Å². The van der Waals surface area contributed by atoms with Crippen molar-refractivity contribution < 1.29 is 14.7 Å². The van der Waals surface area contributed by atoms with Crippen molar-refractivity contribution in [1.82, 2.24) is 14.3 Å². The second kappa shape index (κ2) is 10.1. The predicted molar refractivity (Wildman–Crippen MR) is 144 cm³/mol. The third-order valence-electron chi connectivity index (χ3n) is 6.15. The number of benzene rings is 1. The van der Waals surface area contributed by atoms with Crippen LogP contribution < -0.4 is 15.4 Å². The molecule has 0 radical (unpaired) electrons. The van der Waals surface area contributed by atoms with Crippen molar-refractivity contribution in [3.05, 3.63) is 75.6 Å². The lowest BCUT2D eigenvalue weighted by Gasteiger charge is -2.37. The number of piperazine rings is 1. The van der Waals surface area contributed by atoms with Crippen LogP contribution in [0.15, 0.2) is 64.4 Å². The highest BCUT2D eigenvalue weighted by Crippen LogP contribution is 2.34. The van der Waals surface area contributed by atoms with Gasteiger partial charge in [-0.3, -0.25) is 23.7 Å². The number of hydrogen-bond acceptors (Lipinski definition) is 8. The van der Waals surface area contributed by atoms with E-state index in [1.54, 1.807) is 24.4 Å². The van der Waals surface area contributed by atoms with Crippen LogP contribution in [-0.4, -0.2) is 68.3 Å². The zero-order chi connectivity index (χ0) is 25.2. The lowest BCUT2D eigenvalue weighted by molar-refractivity contribution is -0.137. The number of anilines is 2. The Morgan fingerprint density at radius 2 is 1.72 bits per heavy atom. The van der Waals surface area contributed by atoms with E-state index in [2.05, 4.69) is 21.9 Å². The van der Waals surface area contributed by atoms with Gasteiger partial charge in [0, 0.05) is 44.6 Å². The van der Waals surface area contributed by atoms with E-state index in [9.17, 15) is 14.4 Å².